The van der Waals surface area contributed by atoms with Crippen molar-refractivity contribution in [2.45, 2.75) is 45.4 Å². The number of hydrogen-bond donors (Lipinski definition) is 2. The van der Waals surface area contributed by atoms with E-state index in [9.17, 15) is 18.0 Å². The lowest BCUT2D eigenvalue weighted by molar-refractivity contribution is -0.214. The maximum Gasteiger partial charge on any atom is 0.414 e. The van der Waals surface area contributed by atoms with Crippen LogP contribution in [0.15, 0.2) is 0 Å². The van der Waals surface area contributed by atoms with Crippen LogP contribution in [0.1, 0.15) is 33.1 Å². The van der Waals surface area contributed by atoms with Crippen LogP contribution in [0.3, 0.4) is 0 Å². The molecule has 0 bridgehead atoms. The number of rotatable bonds is 5. The van der Waals surface area contributed by atoms with E-state index in [1.807, 2.05) is 0 Å². The lowest BCUT2D eigenvalue weighted by Gasteiger charge is -2.27. The van der Waals surface area contributed by atoms with Gasteiger partial charge in [-0.15, -0.1) is 0 Å². The molecular weight excluding hydrogens is 213 g/mol. The predicted octanol–water partition coefficient (Wildman–Crippen LogP) is 2.19. The Morgan fingerprint density at radius 2 is 1.87 bits per heavy atom. The molecule has 15 heavy (non-hydrogen) atoms. The second-order valence-corrected chi connectivity index (χ2v) is 3.88. The van der Waals surface area contributed by atoms with E-state index in [0.717, 1.165) is 0 Å². The molecule has 2 atom stereocenters. The molecule has 0 fully saturated rings. The quantitative estimate of drug-likeness (QED) is 0.758. The van der Waals surface area contributed by atoms with E-state index in [1.165, 1.54) is 6.92 Å². The van der Waals surface area contributed by atoms with Crippen molar-refractivity contribution in [3.63, 3.8) is 0 Å². The summed E-state index contributed by atoms with van der Waals surface area (Å²) in [5.74, 6) is -1.31. The summed E-state index contributed by atoms with van der Waals surface area (Å²) in [6, 6.07) is 0. The number of aliphatic hydroxyl groups excluding tert-OH is 1. The van der Waals surface area contributed by atoms with Crippen molar-refractivity contribution in [3.8, 4) is 0 Å². The molecule has 90 valence electrons. The summed E-state index contributed by atoms with van der Waals surface area (Å²) in [7, 11) is 0. The Morgan fingerprint density at radius 1 is 1.40 bits per heavy atom. The highest BCUT2D eigenvalue weighted by Gasteiger charge is 2.45. The summed E-state index contributed by atoms with van der Waals surface area (Å²) < 4.78 is 36.1. The van der Waals surface area contributed by atoms with Gasteiger partial charge in [-0.05, 0) is 19.8 Å². The van der Waals surface area contributed by atoms with Gasteiger partial charge in [0.1, 0.15) is 0 Å². The molecule has 0 aliphatic heterocycles. The van der Waals surface area contributed by atoms with Crippen LogP contribution in [-0.2, 0) is 4.79 Å². The lowest BCUT2D eigenvalue weighted by Crippen LogP contribution is -2.38. The Morgan fingerprint density at radius 3 is 2.13 bits per heavy atom. The minimum absolute atomic E-state index is 0.107. The van der Waals surface area contributed by atoms with Crippen molar-refractivity contribution in [1.29, 1.82) is 0 Å². The van der Waals surface area contributed by atoms with Gasteiger partial charge in [-0.25, -0.2) is 0 Å². The zero-order chi connectivity index (χ0) is 12.3. The number of aliphatic hydroxyl groups is 1. The van der Waals surface area contributed by atoms with Crippen molar-refractivity contribution >= 4 is 5.97 Å². The first-order valence-electron chi connectivity index (χ1n) is 4.61. The molecule has 0 spiro atoms. The third-order valence-electron chi connectivity index (χ3n) is 2.34. The van der Waals surface area contributed by atoms with Gasteiger partial charge in [-0.3, -0.25) is 4.79 Å². The highest BCUT2D eigenvalue weighted by atomic mass is 19.4. The van der Waals surface area contributed by atoms with Crippen molar-refractivity contribution in [2.75, 3.05) is 0 Å². The Kier molecular flexibility index (Phi) is 4.58. The molecule has 0 aliphatic rings. The monoisotopic (exact) mass is 228 g/mol. The van der Waals surface area contributed by atoms with Crippen LogP contribution in [0.25, 0.3) is 0 Å². The number of carbonyl (C=O) groups is 1. The Balaban J connectivity index is 4.63. The smallest absolute Gasteiger partial charge is 0.414 e. The molecule has 0 aromatic carbocycles. The van der Waals surface area contributed by atoms with Crippen molar-refractivity contribution < 1.29 is 28.2 Å². The highest BCUT2D eigenvalue weighted by molar-refractivity contribution is 5.74. The Bertz CT molecular complexity index is 227. The van der Waals surface area contributed by atoms with Crippen molar-refractivity contribution in [2.24, 2.45) is 5.41 Å². The van der Waals surface area contributed by atoms with Crippen LogP contribution >= 0.6 is 0 Å². The van der Waals surface area contributed by atoms with Crippen LogP contribution in [-0.4, -0.2) is 28.5 Å². The fourth-order valence-electron chi connectivity index (χ4n) is 1.39. The first kappa shape index (κ1) is 14.2. The number of carboxylic acids is 1. The zero-order valence-corrected chi connectivity index (χ0v) is 8.64. The van der Waals surface area contributed by atoms with Crippen molar-refractivity contribution in [1.82, 2.24) is 0 Å². The van der Waals surface area contributed by atoms with E-state index in [1.54, 1.807) is 6.92 Å². The third kappa shape index (κ3) is 4.07. The first-order valence-corrected chi connectivity index (χ1v) is 4.61. The first-order chi connectivity index (χ1) is 6.63. The number of halogens is 3. The van der Waals surface area contributed by atoms with Crippen LogP contribution in [0.4, 0.5) is 13.2 Å². The lowest BCUT2D eigenvalue weighted by atomic mass is 9.80. The summed E-state index contributed by atoms with van der Waals surface area (Å²) in [5, 5.41) is 17.6. The number of alkyl halides is 3. The zero-order valence-electron chi connectivity index (χ0n) is 8.64. The molecule has 0 amide bonds. The summed E-state index contributed by atoms with van der Waals surface area (Å²) >= 11 is 0. The highest BCUT2D eigenvalue weighted by Crippen LogP contribution is 2.34. The van der Waals surface area contributed by atoms with Gasteiger partial charge >= 0.3 is 12.1 Å². The minimum atomic E-state index is -4.76. The maximum atomic E-state index is 12.0. The van der Waals surface area contributed by atoms with Crippen LogP contribution in [0.5, 0.6) is 0 Å². The molecule has 0 aromatic heterocycles. The Labute approximate surface area is 85.9 Å². The van der Waals surface area contributed by atoms with Gasteiger partial charge in [0.25, 0.3) is 0 Å². The van der Waals surface area contributed by atoms with Crippen LogP contribution < -0.4 is 0 Å². The second-order valence-electron chi connectivity index (χ2n) is 3.88. The van der Waals surface area contributed by atoms with E-state index in [-0.39, 0.29) is 6.42 Å². The molecule has 2 N–H and O–H groups in total. The normalized spacial score (nSPS) is 18.3. The minimum Gasteiger partial charge on any atom is -0.481 e. The molecule has 0 rings (SSSR count). The largest absolute Gasteiger partial charge is 0.481 e. The van der Waals surface area contributed by atoms with E-state index >= 15 is 0 Å². The Hall–Kier alpha value is -0.780. The molecule has 0 radical (unpaired) electrons. The van der Waals surface area contributed by atoms with Gasteiger partial charge in [0.15, 0.2) is 6.10 Å². The van der Waals surface area contributed by atoms with Gasteiger partial charge in [0.05, 0.1) is 5.41 Å². The SMILES string of the molecule is CCCC(C)(CC(O)C(F)(F)F)C(=O)O. The second kappa shape index (κ2) is 4.83. The average molecular weight is 228 g/mol. The van der Waals surface area contributed by atoms with Gasteiger partial charge in [0.2, 0.25) is 0 Å². The third-order valence-corrected chi connectivity index (χ3v) is 2.34. The summed E-state index contributed by atoms with van der Waals surface area (Å²) in [6.07, 6.45) is -7.59. The summed E-state index contributed by atoms with van der Waals surface area (Å²) in [6.45, 7) is 2.90. The van der Waals surface area contributed by atoms with E-state index in [4.69, 9.17) is 10.2 Å². The van der Waals surface area contributed by atoms with Gasteiger partial charge in [-0.2, -0.15) is 13.2 Å². The standard InChI is InChI=1S/C9H15F3O3/c1-3-4-8(2,7(14)15)5-6(13)9(10,11)12/h6,13H,3-5H2,1-2H3,(H,14,15). The average Bonchev–Trinajstić information content (AvgIpc) is 2.02. The molecule has 0 saturated carbocycles. The van der Waals surface area contributed by atoms with Crippen LogP contribution in [0.2, 0.25) is 0 Å². The predicted molar refractivity (Wildman–Crippen MR) is 47.3 cm³/mol. The van der Waals surface area contributed by atoms with Crippen LogP contribution in [0, 0.1) is 5.41 Å². The molecule has 3 nitrogen and oxygen atoms in total. The molecule has 0 aromatic rings. The maximum absolute atomic E-state index is 12.0. The fourth-order valence-corrected chi connectivity index (χ4v) is 1.39. The van der Waals surface area contributed by atoms with Gasteiger partial charge in [0, 0.05) is 0 Å². The molecule has 0 aliphatic carbocycles. The number of hydrogen-bond acceptors (Lipinski definition) is 2. The summed E-state index contributed by atoms with van der Waals surface area (Å²) in [5.41, 5.74) is -1.52. The number of carboxylic acid groups (broad SMARTS) is 1. The molecule has 0 heterocycles. The fraction of sp³-hybridized carbons (Fsp3) is 0.889. The molecule has 0 saturated heterocycles. The molecular formula is C9H15F3O3. The molecule has 2 unspecified atom stereocenters. The number of aliphatic carboxylic acids is 1. The van der Waals surface area contributed by atoms with E-state index in [0.29, 0.717) is 6.42 Å². The van der Waals surface area contributed by atoms with Gasteiger partial charge < -0.3 is 10.2 Å². The summed E-state index contributed by atoms with van der Waals surface area (Å²) in [4.78, 5) is 10.8. The van der Waals surface area contributed by atoms with Crippen molar-refractivity contribution in [3.05, 3.63) is 0 Å². The topological polar surface area (TPSA) is 57.5 Å². The van der Waals surface area contributed by atoms with E-state index < -0.39 is 30.1 Å². The molecule has 6 heteroatoms. The van der Waals surface area contributed by atoms with E-state index in [2.05, 4.69) is 0 Å². The van der Waals surface area contributed by atoms with Gasteiger partial charge in [-0.1, -0.05) is 13.3 Å².